The van der Waals surface area contributed by atoms with Crippen LogP contribution in [0, 0.1) is 0 Å². The first-order valence-corrected chi connectivity index (χ1v) is 8.75. The molecular formula is C20H18Br2N2O. The van der Waals surface area contributed by atoms with Crippen molar-refractivity contribution in [3.63, 3.8) is 0 Å². The van der Waals surface area contributed by atoms with Crippen molar-refractivity contribution in [3.05, 3.63) is 84.4 Å². The van der Waals surface area contributed by atoms with E-state index in [0.717, 1.165) is 21.7 Å². The topological polar surface area (TPSA) is 46.0 Å². The van der Waals surface area contributed by atoms with Crippen LogP contribution >= 0.6 is 32.9 Å². The van der Waals surface area contributed by atoms with Gasteiger partial charge >= 0.3 is 0 Å². The molecule has 1 N–H and O–H groups in total. The number of rotatable bonds is 2. The van der Waals surface area contributed by atoms with Gasteiger partial charge in [-0.15, -0.1) is 17.0 Å². The largest absolute Gasteiger partial charge is 0.392 e. The smallest absolute Gasteiger partial charge is 0.0702 e. The van der Waals surface area contributed by atoms with E-state index < -0.39 is 0 Å². The van der Waals surface area contributed by atoms with Gasteiger partial charge in [0, 0.05) is 46.5 Å². The van der Waals surface area contributed by atoms with Crippen molar-refractivity contribution >= 4 is 54.5 Å². The van der Waals surface area contributed by atoms with Gasteiger partial charge in [0.1, 0.15) is 0 Å². The molecule has 0 atom stereocenters. The van der Waals surface area contributed by atoms with Crippen molar-refractivity contribution in [2.45, 2.75) is 11.9 Å². The zero-order valence-electron chi connectivity index (χ0n) is 13.5. The van der Waals surface area contributed by atoms with E-state index in [2.05, 4.69) is 44.1 Å². The highest BCUT2D eigenvalue weighted by Gasteiger charge is 1.98. The van der Waals surface area contributed by atoms with Crippen molar-refractivity contribution in [2.75, 3.05) is 0 Å². The summed E-state index contributed by atoms with van der Waals surface area (Å²) in [5.74, 6) is 0. The quantitative estimate of drug-likeness (QED) is 0.404. The molecule has 0 spiro atoms. The third-order valence-corrected chi connectivity index (χ3v) is 4.42. The molecule has 0 amide bonds. The van der Waals surface area contributed by atoms with Gasteiger partial charge in [-0.1, -0.05) is 64.5 Å². The van der Waals surface area contributed by atoms with Gasteiger partial charge < -0.3 is 5.11 Å². The summed E-state index contributed by atoms with van der Waals surface area (Å²) in [4.78, 5) is 8.18. The molecular weight excluding hydrogens is 444 g/mol. The van der Waals surface area contributed by atoms with Gasteiger partial charge in [-0.2, -0.15) is 0 Å². The van der Waals surface area contributed by atoms with Gasteiger partial charge in [0.15, 0.2) is 0 Å². The van der Waals surface area contributed by atoms with Gasteiger partial charge in [-0.3, -0.25) is 9.97 Å². The molecule has 2 heterocycles. The minimum atomic E-state index is 0. The molecule has 25 heavy (non-hydrogen) atoms. The maximum Gasteiger partial charge on any atom is 0.0702 e. The van der Waals surface area contributed by atoms with Crippen molar-refractivity contribution in [2.24, 2.45) is 0 Å². The molecule has 0 bridgehead atoms. The predicted molar refractivity (Wildman–Crippen MR) is 112 cm³/mol. The molecule has 3 nitrogen and oxygen atoms in total. The van der Waals surface area contributed by atoms with Gasteiger partial charge in [0.25, 0.3) is 0 Å². The van der Waals surface area contributed by atoms with Gasteiger partial charge in [0.2, 0.25) is 0 Å². The zero-order chi connectivity index (χ0) is 16.8. The second-order valence-electron chi connectivity index (χ2n) is 5.33. The maximum absolute atomic E-state index is 9.00. The Morgan fingerprint density at radius 1 is 0.720 bits per heavy atom. The van der Waals surface area contributed by atoms with E-state index in [1.165, 1.54) is 16.3 Å². The number of aliphatic hydroxyl groups is 1. The summed E-state index contributed by atoms with van der Waals surface area (Å²) in [7, 11) is 0. The van der Waals surface area contributed by atoms with Gasteiger partial charge in [-0.05, 0) is 16.3 Å². The summed E-state index contributed by atoms with van der Waals surface area (Å²) >= 11 is 3.44. The number of hydrogen-bond donors (Lipinski definition) is 1. The third-order valence-electron chi connectivity index (χ3n) is 3.82. The van der Waals surface area contributed by atoms with Gasteiger partial charge in [-0.25, -0.2) is 0 Å². The number of hydrogen-bond acceptors (Lipinski definition) is 3. The monoisotopic (exact) mass is 460 g/mol. The highest BCUT2D eigenvalue weighted by molar-refractivity contribution is 9.08. The van der Waals surface area contributed by atoms with Crippen LogP contribution in [0.3, 0.4) is 0 Å². The number of pyridine rings is 2. The molecule has 5 heteroatoms. The molecule has 0 aliphatic rings. The van der Waals surface area contributed by atoms with E-state index in [-0.39, 0.29) is 23.6 Å². The van der Waals surface area contributed by atoms with Crippen LogP contribution in [0.4, 0.5) is 0 Å². The zero-order valence-corrected chi connectivity index (χ0v) is 16.8. The van der Waals surface area contributed by atoms with Crippen LogP contribution in [-0.4, -0.2) is 15.1 Å². The molecule has 0 aliphatic carbocycles. The Balaban J connectivity index is 0.000000173. The Bertz CT molecular complexity index is 870. The summed E-state index contributed by atoms with van der Waals surface area (Å²) in [5, 5.41) is 14.5. The molecule has 0 saturated heterocycles. The van der Waals surface area contributed by atoms with Crippen LogP contribution in [0.2, 0.25) is 0 Å². The lowest BCUT2D eigenvalue weighted by atomic mass is 10.1. The minimum absolute atomic E-state index is 0. The number of nitrogens with zero attached hydrogens (tertiary/aromatic N) is 2. The fourth-order valence-corrected chi connectivity index (χ4v) is 3.04. The normalized spacial score (nSPS) is 10.0. The fourth-order valence-electron chi connectivity index (χ4n) is 2.59. The average Bonchev–Trinajstić information content (AvgIpc) is 2.67. The Hall–Kier alpha value is -1.82. The van der Waals surface area contributed by atoms with E-state index in [1.54, 1.807) is 12.4 Å². The number of benzene rings is 2. The summed E-state index contributed by atoms with van der Waals surface area (Å²) in [6, 6.07) is 16.2. The summed E-state index contributed by atoms with van der Waals surface area (Å²) in [6.07, 6.45) is 7.29. The first-order chi connectivity index (χ1) is 11.8. The van der Waals surface area contributed by atoms with Crippen molar-refractivity contribution in [3.8, 4) is 0 Å². The second kappa shape index (κ2) is 9.61. The Morgan fingerprint density at radius 3 is 1.72 bits per heavy atom. The van der Waals surface area contributed by atoms with E-state index in [4.69, 9.17) is 5.11 Å². The number of alkyl halides is 1. The molecule has 2 aromatic heterocycles. The van der Waals surface area contributed by atoms with E-state index in [1.807, 2.05) is 42.7 Å². The molecule has 4 rings (SSSR count). The second-order valence-corrected chi connectivity index (χ2v) is 5.89. The van der Waals surface area contributed by atoms with Crippen molar-refractivity contribution in [1.82, 2.24) is 9.97 Å². The number of halogens is 2. The van der Waals surface area contributed by atoms with E-state index in [9.17, 15) is 0 Å². The fraction of sp³-hybridized carbons (Fsp3) is 0.100. The first-order valence-electron chi connectivity index (χ1n) is 7.63. The highest BCUT2D eigenvalue weighted by Crippen LogP contribution is 2.18. The molecule has 0 unspecified atom stereocenters. The number of fused-ring (bicyclic) bond motifs is 2. The van der Waals surface area contributed by atoms with Crippen molar-refractivity contribution < 1.29 is 5.11 Å². The third kappa shape index (κ3) is 4.63. The predicted octanol–water partition coefficient (Wildman–Crippen LogP) is 5.43. The van der Waals surface area contributed by atoms with E-state index in [0.29, 0.717) is 0 Å². The Labute approximate surface area is 165 Å². The summed E-state index contributed by atoms with van der Waals surface area (Å²) in [6.45, 7) is 0.0500. The Morgan fingerprint density at radius 2 is 1.20 bits per heavy atom. The lowest BCUT2D eigenvalue weighted by molar-refractivity contribution is 0.283. The molecule has 0 fully saturated rings. The summed E-state index contributed by atoms with van der Waals surface area (Å²) < 4.78 is 0. The van der Waals surface area contributed by atoms with Crippen LogP contribution in [0.1, 0.15) is 11.1 Å². The first kappa shape index (κ1) is 19.5. The highest BCUT2D eigenvalue weighted by atomic mass is 79.9. The van der Waals surface area contributed by atoms with Crippen LogP contribution in [0.25, 0.3) is 21.5 Å². The van der Waals surface area contributed by atoms with Crippen LogP contribution in [0.15, 0.2) is 73.3 Å². The SMILES string of the molecule is Br.BrCc1cncc2ccccc12.OCc1cncc2ccccc12. The Kier molecular flexibility index (Phi) is 7.50. The van der Waals surface area contributed by atoms with Crippen molar-refractivity contribution in [1.29, 1.82) is 0 Å². The number of aromatic nitrogens is 2. The van der Waals surface area contributed by atoms with Gasteiger partial charge in [0.05, 0.1) is 6.61 Å². The molecule has 0 radical (unpaired) electrons. The minimum Gasteiger partial charge on any atom is -0.392 e. The van der Waals surface area contributed by atoms with E-state index >= 15 is 0 Å². The molecule has 128 valence electrons. The molecule has 0 saturated carbocycles. The lowest BCUT2D eigenvalue weighted by Gasteiger charge is -2.00. The molecule has 0 aliphatic heterocycles. The average molecular weight is 462 g/mol. The standard InChI is InChI=1S/C10H8BrN.C10H9NO.BrH/c11-5-9-7-12-6-8-3-1-2-4-10(8)9;12-7-9-6-11-5-8-3-1-2-4-10(8)9;/h1-4,6-7H,5H2;1-6,12H,7H2;1H. The lowest BCUT2D eigenvalue weighted by Crippen LogP contribution is -1.86. The van der Waals surface area contributed by atoms with Crippen LogP contribution in [0.5, 0.6) is 0 Å². The van der Waals surface area contributed by atoms with Crippen LogP contribution < -0.4 is 0 Å². The number of aliphatic hydroxyl groups excluding tert-OH is 1. The molecule has 4 aromatic rings. The summed E-state index contributed by atoms with van der Waals surface area (Å²) in [5.41, 5.74) is 2.13. The van der Waals surface area contributed by atoms with Crippen LogP contribution in [-0.2, 0) is 11.9 Å². The molecule has 2 aromatic carbocycles. The maximum atomic E-state index is 9.00.